The van der Waals surface area contributed by atoms with Crippen molar-refractivity contribution in [2.75, 3.05) is 32.7 Å². The van der Waals surface area contributed by atoms with E-state index in [1.807, 2.05) is 0 Å². The molecule has 0 spiro atoms. The molecular weight excluding hydrogens is 377 g/mol. The van der Waals surface area contributed by atoms with Gasteiger partial charge in [-0.3, -0.25) is 9.88 Å². The van der Waals surface area contributed by atoms with Crippen LogP contribution in [0.25, 0.3) is 10.2 Å². The van der Waals surface area contributed by atoms with Gasteiger partial charge >= 0.3 is 6.18 Å². The second kappa shape index (κ2) is 7.16. The van der Waals surface area contributed by atoms with Crippen LogP contribution in [0.1, 0.15) is 0 Å². The van der Waals surface area contributed by atoms with E-state index in [1.54, 1.807) is 11.4 Å². The topological polar surface area (TPSA) is 74.3 Å². The molecule has 1 aliphatic rings. The Bertz CT molecular complexity index is 832. The third kappa shape index (κ3) is 4.29. The number of nitrogens with zero attached hydrogens (tertiary/aromatic N) is 2. The van der Waals surface area contributed by atoms with Gasteiger partial charge in [-0.15, -0.1) is 11.3 Å². The Balaban J connectivity index is 1.76. The summed E-state index contributed by atoms with van der Waals surface area (Å²) in [4.78, 5) is 5.14. The fourth-order valence-electron chi connectivity index (χ4n) is 2.69. The number of nitrogens with one attached hydrogen (secondary N) is 2. The number of aromatic nitrogens is 1. The number of fused-ring (bicyclic) bond motifs is 1. The Labute approximate surface area is 147 Å². The van der Waals surface area contributed by atoms with Crippen molar-refractivity contribution in [1.82, 2.24) is 19.9 Å². The maximum atomic E-state index is 13.3. The van der Waals surface area contributed by atoms with Gasteiger partial charge < -0.3 is 5.32 Å². The highest BCUT2D eigenvalue weighted by Crippen LogP contribution is 2.26. The van der Waals surface area contributed by atoms with Gasteiger partial charge in [0.25, 0.3) is 0 Å². The molecule has 1 atom stereocenters. The molecule has 2 N–H and O–H groups in total. The molecule has 1 unspecified atom stereocenters. The lowest BCUT2D eigenvalue weighted by atomic mass is 10.2. The Morgan fingerprint density at radius 1 is 1.36 bits per heavy atom. The Hall–Kier alpha value is -1.27. The average molecular weight is 394 g/mol. The lowest BCUT2D eigenvalue weighted by molar-refractivity contribution is -0.182. The number of hydrogen-bond donors (Lipinski definition) is 2. The van der Waals surface area contributed by atoms with Crippen LogP contribution in [0.4, 0.5) is 13.2 Å². The van der Waals surface area contributed by atoms with Gasteiger partial charge in [-0.1, -0.05) is 0 Å². The predicted octanol–water partition coefficient (Wildman–Crippen LogP) is 1.41. The summed E-state index contributed by atoms with van der Waals surface area (Å²) in [6.07, 6.45) is -3.36. The van der Waals surface area contributed by atoms with Crippen LogP contribution in [0.2, 0.25) is 0 Å². The monoisotopic (exact) mass is 394 g/mol. The Kier molecular flexibility index (Phi) is 5.30. The van der Waals surface area contributed by atoms with Crippen LogP contribution >= 0.6 is 11.3 Å². The number of hydrogen-bond acceptors (Lipinski definition) is 6. The van der Waals surface area contributed by atoms with E-state index in [0.29, 0.717) is 23.3 Å². The summed E-state index contributed by atoms with van der Waals surface area (Å²) in [7, 11) is -4.07. The highest BCUT2D eigenvalue weighted by atomic mass is 32.2. The van der Waals surface area contributed by atoms with E-state index in [9.17, 15) is 21.6 Å². The van der Waals surface area contributed by atoms with Gasteiger partial charge in [-0.05, 0) is 17.5 Å². The van der Waals surface area contributed by atoms with Crippen LogP contribution in [0.5, 0.6) is 0 Å². The summed E-state index contributed by atoms with van der Waals surface area (Å²) in [6, 6.07) is 1.30. The van der Waals surface area contributed by atoms with Gasteiger partial charge in [-0.25, -0.2) is 13.1 Å². The number of sulfonamides is 1. The van der Waals surface area contributed by atoms with E-state index in [4.69, 9.17) is 0 Å². The van der Waals surface area contributed by atoms with Gasteiger partial charge in [0.05, 0.1) is 10.2 Å². The molecular formula is C14H17F3N4O2S2. The fourth-order valence-corrected chi connectivity index (χ4v) is 4.56. The minimum atomic E-state index is -4.52. The number of halogens is 3. The maximum Gasteiger partial charge on any atom is 0.405 e. The van der Waals surface area contributed by atoms with Gasteiger partial charge in [-0.2, -0.15) is 13.2 Å². The SMILES string of the molecule is O=S(=O)(NCC(N1CCNCC1)C(F)(F)F)c1cnc2ccsc2c1. The lowest BCUT2D eigenvalue weighted by Gasteiger charge is -2.35. The van der Waals surface area contributed by atoms with Crippen molar-refractivity contribution in [3.63, 3.8) is 0 Å². The van der Waals surface area contributed by atoms with E-state index in [0.717, 1.165) is 6.20 Å². The van der Waals surface area contributed by atoms with Crippen LogP contribution < -0.4 is 10.0 Å². The number of piperazine rings is 1. The number of pyridine rings is 1. The van der Waals surface area contributed by atoms with E-state index in [1.165, 1.54) is 22.3 Å². The molecule has 0 aromatic carbocycles. The molecule has 0 bridgehead atoms. The van der Waals surface area contributed by atoms with Crippen LogP contribution in [0.3, 0.4) is 0 Å². The number of thiophene rings is 1. The van der Waals surface area contributed by atoms with Crippen molar-refractivity contribution in [2.24, 2.45) is 0 Å². The molecule has 0 saturated carbocycles. The minimum absolute atomic E-state index is 0.135. The molecule has 2 aromatic rings. The predicted molar refractivity (Wildman–Crippen MR) is 89.1 cm³/mol. The normalized spacial score (nSPS) is 18.5. The van der Waals surface area contributed by atoms with E-state index in [2.05, 4.69) is 15.0 Å². The Morgan fingerprint density at radius 3 is 2.76 bits per heavy atom. The first-order valence-electron chi connectivity index (χ1n) is 7.62. The molecule has 0 amide bonds. The highest BCUT2D eigenvalue weighted by Gasteiger charge is 2.44. The van der Waals surface area contributed by atoms with Gasteiger partial charge in [0.2, 0.25) is 10.0 Å². The van der Waals surface area contributed by atoms with Gasteiger partial charge in [0.15, 0.2) is 0 Å². The van der Waals surface area contributed by atoms with Gasteiger partial charge in [0.1, 0.15) is 10.9 Å². The summed E-state index contributed by atoms with van der Waals surface area (Å²) in [6.45, 7) is 0.591. The smallest absolute Gasteiger partial charge is 0.314 e. The van der Waals surface area contributed by atoms with Crippen molar-refractivity contribution in [3.8, 4) is 0 Å². The molecule has 3 rings (SSSR count). The van der Waals surface area contributed by atoms with E-state index in [-0.39, 0.29) is 18.0 Å². The first-order chi connectivity index (χ1) is 11.8. The van der Waals surface area contributed by atoms with Crippen LogP contribution in [-0.2, 0) is 10.0 Å². The first-order valence-corrected chi connectivity index (χ1v) is 9.98. The quantitative estimate of drug-likeness (QED) is 0.802. The second-order valence-electron chi connectivity index (χ2n) is 5.67. The van der Waals surface area contributed by atoms with Gasteiger partial charge in [0, 0.05) is 38.9 Å². The molecule has 6 nitrogen and oxygen atoms in total. The van der Waals surface area contributed by atoms with E-state index >= 15 is 0 Å². The summed E-state index contributed by atoms with van der Waals surface area (Å²) in [5.74, 6) is 0. The number of alkyl halides is 3. The lowest BCUT2D eigenvalue weighted by Crippen LogP contribution is -2.57. The summed E-state index contributed by atoms with van der Waals surface area (Å²) < 4.78 is 67.5. The van der Waals surface area contributed by atoms with Crippen molar-refractivity contribution in [2.45, 2.75) is 17.1 Å². The highest BCUT2D eigenvalue weighted by molar-refractivity contribution is 7.89. The molecule has 2 aromatic heterocycles. The third-order valence-electron chi connectivity index (χ3n) is 4.02. The molecule has 25 heavy (non-hydrogen) atoms. The zero-order chi connectivity index (χ0) is 18.1. The second-order valence-corrected chi connectivity index (χ2v) is 8.38. The van der Waals surface area contributed by atoms with Crippen molar-refractivity contribution < 1.29 is 21.6 Å². The third-order valence-corrected chi connectivity index (χ3v) is 6.27. The molecule has 1 aliphatic heterocycles. The van der Waals surface area contributed by atoms with E-state index < -0.39 is 28.8 Å². The fraction of sp³-hybridized carbons (Fsp3) is 0.500. The Morgan fingerprint density at radius 2 is 2.08 bits per heavy atom. The number of rotatable bonds is 5. The zero-order valence-electron chi connectivity index (χ0n) is 13.1. The largest absolute Gasteiger partial charge is 0.405 e. The molecule has 1 saturated heterocycles. The van der Waals surface area contributed by atoms with Crippen LogP contribution in [-0.4, -0.2) is 63.2 Å². The maximum absolute atomic E-state index is 13.3. The zero-order valence-corrected chi connectivity index (χ0v) is 14.7. The average Bonchev–Trinajstić information content (AvgIpc) is 3.02. The summed E-state index contributed by atoms with van der Waals surface area (Å²) in [5, 5.41) is 4.75. The van der Waals surface area contributed by atoms with Crippen molar-refractivity contribution in [1.29, 1.82) is 0 Å². The molecule has 3 heterocycles. The molecule has 0 radical (unpaired) electrons. The van der Waals surface area contributed by atoms with Crippen molar-refractivity contribution >= 4 is 31.6 Å². The summed E-state index contributed by atoms with van der Waals surface area (Å²) in [5.41, 5.74) is 0.651. The minimum Gasteiger partial charge on any atom is -0.314 e. The molecule has 1 fully saturated rings. The van der Waals surface area contributed by atoms with Crippen molar-refractivity contribution in [3.05, 3.63) is 23.7 Å². The standard InChI is InChI=1S/C14H17F3N4O2S2/c15-14(16,17)13(21-4-2-18-3-5-21)9-20-25(22,23)10-7-12-11(19-8-10)1-6-24-12/h1,6-8,13,18,20H,2-5,9H2. The molecule has 138 valence electrons. The van der Waals surface area contributed by atoms with Crippen LogP contribution in [0, 0.1) is 0 Å². The molecule has 11 heteroatoms. The van der Waals surface area contributed by atoms with Crippen LogP contribution in [0.15, 0.2) is 28.6 Å². The summed E-state index contributed by atoms with van der Waals surface area (Å²) >= 11 is 1.32. The first kappa shape index (κ1) is 18.5. The molecule has 0 aliphatic carbocycles.